The van der Waals surface area contributed by atoms with Crippen molar-refractivity contribution in [1.82, 2.24) is 16.1 Å². The van der Waals surface area contributed by atoms with E-state index < -0.39 is 17.9 Å². The number of ether oxygens (including phenoxy) is 3. The van der Waals surface area contributed by atoms with Crippen molar-refractivity contribution >= 4 is 92.2 Å². The molecular formula is C30H27ClI2N4O5S. The van der Waals surface area contributed by atoms with Crippen LogP contribution in [0.4, 0.5) is 0 Å². The van der Waals surface area contributed by atoms with E-state index >= 15 is 0 Å². The molecule has 1 amide bonds. The van der Waals surface area contributed by atoms with Gasteiger partial charge in [0, 0.05) is 16.3 Å². The number of rotatable bonds is 11. The molecule has 0 aliphatic carbocycles. The molecule has 13 heteroatoms. The average Bonchev–Trinajstić information content (AvgIpc) is 2.96. The molecule has 0 bridgehead atoms. The fraction of sp³-hybridized carbons (Fsp3) is 0.200. The lowest BCUT2D eigenvalue weighted by atomic mass is 9.95. The summed E-state index contributed by atoms with van der Waals surface area (Å²) in [6.45, 7) is 3.84. The van der Waals surface area contributed by atoms with Gasteiger partial charge in [0.25, 0.3) is 5.91 Å². The molecule has 1 aliphatic heterocycles. The lowest BCUT2D eigenvalue weighted by Gasteiger charge is -2.30. The van der Waals surface area contributed by atoms with Crippen molar-refractivity contribution in [2.24, 2.45) is 5.10 Å². The average molecular weight is 845 g/mol. The molecule has 4 rings (SSSR count). The zero-order chi connectivity index (χ0) is 30.9. The van der Waals surface area contributed by atoms with Gasteiger partial charge >= 0.3 is 5.97 Å². The largest absolute Gasteiger partial charge is 0.487 e. The highest BCUT2D eigenvalue weighted by molar-refractivity contribution is 14.1. The first-order chi connectivity index (χ1) is 20.7. The van der Waals surface area contributed by atoms with Crippen LogP contribution >= 0.6 is 69.0 Å². The first-order valence-corrected chi connectivity index (χ1v) is 16.0. The van der Waals surface area contributed by atoms with Gasteiger partial charge in [0.1, 0.15) is 18.1 Å². The second-order valence-corrected chi connectivity index (χ2v) is 12.3. The molecule has 3 aromatic carbocycles. The molecule has 1 heterocycles. The number of hydrogen-bond acceptors (Lipinski definition) is 7. The van der Waals surface area contributed by atoms with Crippen molar-refractivity contribution in [1.29, 1.82) is 0 Å². The predicted molar refractivity (Wildman–Crippen MR) is 186 cm³/mol. The predicted octanol–water partition coefficient (Wildman–Crippen LogP) is 6.01. The number of nitrogens with one attached hydrogen (secondary N) is 3. The molecular weight excluding hydrogens is 818 g/mol. The van der Waals surface area contributed by atoms with Gasteiger partial charge in [-0.2, -0.15) is 5.10 Å². The van der Waals surface area contributed by atoms with E-state index in [1.165, 1.54) is 0 Å². The minimum absolute atomic E-state index is 0.228. The number of thiocarbonyl (C=S) groups is 1. The SMILES string of the molecule is CCOC(=O)C1=C(C)NC(=S)N[C@H]1c1ccccc1OCC(=O)NN=Cc1cc(I)c(OCc2ccc(Cl)cc2)c(I)c1. The summed E-state index contributed by atoms with van der Waals surface area (Å²) in [7, 11) is 0. The summed E-state index contributed by atoms with van der Waals surface area (Å²) in [6, 6.07) is 17.8. The van der Waals surface area contributed by atoms with E-state index in [0.717, 1.165) is 24.0 Å². The summed E-state index contributed by atoms with van der Waals surface area (Å²) in [4.78, 5) is 25.3. The molecule has 0 spiro atoms. The number of benzene rings is 3. The zero-order valence-corrected chi connectivity index (χ0v) is 29.0. The molecule has 43 heavy (non-hydrogen) atoms. The van der Waals surface area contributed by atoms with E-state index in [4.69, 9.17) is 38.0 Å². The number of carbonyl (C=O) groups excluding carboxylic acids is 2. The number of allylic oxidation sites excluding steroid dienone is 1. The molecule has 0 radical (unpaired) electrons. The van der Waals surface area contributed by atoms with Gasteiger partial charge in [-0.25, -0.2) is 10.2 Å². The maximum Gasteiger partial charge on any atom is 0.338 e. The Balaban J connectivity index is 1.37. The van der Waals surface area contributed by atoms with E-state index in [0.29, 0.717) is 39.3 Å². The molecule has 3 N–H and O–H groups in total. The first-order valence-electron chi connectivity index (χ1n) is 13.0. The van der Waals surface area contributed by atoms with Crippen molar-refractivity contribution < 1.29 is 23.8 Å². The number of halogens is 3. The summed E-state index contributed by atoms with van der Waals surface area (Å²) in [6.07, 6.45) is 1.55. The van der Waals surface area contributed by atoms with Crippen LogP contribution in [0.25, 0.3) is 0 Å². The van der Waals surface area contributed by atoms with Gasteiger partial charge in [0.2, 0.25) is 0 Å². The number of hydrogen-bond donors (Lipinski definition) is 3. The van der Waals surface area contributed by atoms with Gasteiger partial charge in [-0.3, -0.25) is 4.79 Å². The molecule has 3 aromatic rings. The lowest BCUT2D eigenvalue weighted by Crippen LogP contribution is -2.45. The highest BCUT2D eigenvalue weighted by atomic mass is 127. The van der Waals surface area contributed by atoms with E-state index in [1.54, 1.807) is 38.3 Å². The standard InChI is InChI=1S/C30H27ClI2N4O5S/c1-3-40-29(39)26-17(2)35-30(43)36-27(26)21-6-4-5-7-24(21)41-16-25(38)37-34-14-19-12-22(32)28(23(33)13-19)42-15-18-8-10-20(31)11-9-18/h4-14,27H,3,15-16H2,1-2H3,(H,37,38)(H2,35,36,43)/t27-/m0/s1. The fourth-order valence-electron chi connectivity index (χ4n) is 4.14. The Morgan fingerprint density at radius 2 is 1.79 bits per heavy atom. The molecule has 224 valence electrons. The molecule has 0 fully saturated rings. The lowest BCUT2D eigenvalue weighted by molar-refractivity contribution is -0.139. The third-order valence-electron chi connectivity index (χ3n) is 6.07. The van der Waals surface area contributed by atoms with Crippen LogP contribution in [0, 0.1) is 7.14 Å². The van der Waals surface area contributed by atoms with Gasteiger partial charge in [-0.1, -0.05) is 41.9 Å². The third-order valence-corrected chi connectivity index (χ3v) is 8.15. The molecule has 1 aliphatic rings. The van der Waals surface area contributed by atoms with E-state index in [2.05, 4.69) is 66.3 Å². The topological polar surface area (TPSA) is 110 Å². The monoisotopic (exact) mass is 844 g/mol. The van der Waals surface area contributed by atoms with Crippen molar-refractivity contribution in [2.45, 2.75) is 26.5 Å². The number of hydrazone groups is 1. The smallest absolute Gasteiger partial charge is 0.338 e. The Kier molecular flexibility index (Phi) is 12.0. The Labute approximate surface area is 287 Å². The Morgan fingerprint density at radius 3 is 2.49 bits per heavy atom. The molecule has 0 saturated carbocycles. The molecule has 9 nitrogen and oxygen atoms in total. The summed E-state index contributed by atoms with van der Waals surface area (Å²) in [5.74, 6) is 0.255. The molecule has 0 saturated heterocycles. The van der Waals surface area contributed by atoms with E-state index in [-0.39, 0.29) is 13.2 Å². The number of amides is 1. The van der Waals surface area contributed by atoms with Crippen molar-refractivity contribution in [3.05, 3.63) is 101 Å². The van der Waals surface area contributed by atoms with E-state index in [1.807, 2.05) is 42.5 Å². The van der Waals surface area contributed by atoms with Crippen LogP contribution in [0.5, 0.6) is 11.5 Å². The van der Waals surface area contributed by atoms with Crippen LogP contribution in [0.15, 0.2) is 77.0 Å². The minimum Gasteiger partial charge on any atom is -0.487 e. The fourth-order valence-corrected chi connectivity index (χ4v) is 6.66. The van der Waals surface area contributed by atoms with Gasteiger partial charge in [-0.05, 0) is 113 Å². The third kappa shape index (κ3) is 9.03. The van der Waals surface area contributed by atoms with Gasteiger partial charge in [0.05, 0.1) is 31.6 Å². The second-order valence-electron chi connectivity index (χ2n) is 9.14. The molecule has 0 aromatic heterocycles. The van der Waals surface area contributed by atoms with Crippen LogP contribution in [0.1, 0.15) is 36.6 Å². The van der Waals surface area contributed by atoms with Crippen LogP contribution in [0.2, 0.25) is 5.02 Å². The maximum atomic E-state index is 12.7. The van der Waals surface area contributed by atoms with Crippen molar-refractivity contribution in [3.63, 3.8) is 0 Å². The Morgan fingerprint density at radius 1 is 1.09 bits per heavy atom. The summed E-state index contributed by atoms with van der Waals surface area (Å²) < 4.78 is 18.9. The highest BCUT2D eigenvalue weighted by Crippen LogP contribution is 2.34. The summed E-state index contributed by atoms with van der Waals surface area (Å²) in [5, 5.41) is 11.2. The zero-order valence-electron chi connectivity index (χ0n) is 23.1. The quantitative estimate of drug-likeness (QED) is 0.0709. The highest BCUT2D eigenvalue weighted by Gasteiger charge is 2.32. The number of para-hydroxylation sites is 1. The van der Waals surface area contributed by atoms with Crippen LogP contribution in [-0.2, 0) is 20.9 Å². The summed E-state index contributed by atoms with van der Waals surface area (Å²) in [5.41, 5.74) is 5.89. The second kappa shape index (κ2) is 15.7. The number of esters is 1. The van der Waals surface area contributed by atoms with Gasteiger partial charge in [0.15, 0.2) is 11.7 Å². The molecule has 1 atom stereocenters. The van der Waals surface area contributed by atoms with Gasteiger partial charge in [-0.15, -0.1) is 0 Å². The van der Waals surface area contributed by atoms with E-state index in [9.17, 15) is 9.59 Å². The number of nitrogens with zero attached hydrogens (tertiary/aromatic N) is 1. The minimum atomic E-state index is -0.617. The normalized spacial score (nSPS) is 14.6. The van der Waals surface area contributed by atoms with Crippen molar-refractivity contribution in [3.8, 4) is 11.5 Å². The summed E-state index contributed by atoms with van der Waals surface area (Å²) >= 11 is 15.7. The molecule has 0 unspecified atom stereocenters. The maximum absolute atomic E-state index is 12.7. The van der Waals surface area contributed by atoms with Gasteiger partial charge < -0.3 is 24.8 Å². The van der Waals surface area contributed by atoms with Crippen LogP contribution in [-0.4, -0.2) is 36.4 Å². The Hall–Kier alpha value is -2.95. The van der Waals surface area contributed by atoms with Crippen LogP contribution < -0.4 is 25.5 Å². The Bertz CT molecular complexity index is 1560. The van der Waals surface area contributed by atoms with Crippen molar-refractivity contribution in [2.75, 3.05) is 13.2 Å². The van der Waals surface area contributed by atoms with Crippen LogP contribution in [0.3, 0.4) is 0 Å². The first kappa shape index (κ1) is 33.0. The number of carbonyl (C=O) groups is 2.